The Kier molecular flexibility index (Phi) is 3.40. The molecule has 0 unspecified atom stereocenters. The molecule has 15 heavy (non-hydrogen) atoms. The molecule has 0 aliphatic carbocycles. The molecule has 0 spiro atoms. The average molecular weight is 226 g/mol. The molecule has 0 radical (unpaired) electrons. The van der Waals surface area contributed by atoms with Gasteiger partial charge in [0, 0.05) is 16.1 Å². The monoisotopic (exact) mass is 225 g/mol. The summed E-state index contributed by atoms with van der Waals surface area (Å²) >= 11 is 5.82. The fourth-order valence-corrected chi connectivity index (χ4v) is 1.52. The Morgan fingerprint density at radius 1 is 1.33 bits per heavy atom. The Morgan fingerprint density at radius 3 is 2.40 bits per heavy atom. The highest BCUT2D eigenvalue weighted by atomic mass is 35.5. The zero-order valence-electron chi connectivity index (χ0n) is 9.52. The first-order chi connectivity index (χ1) is 6.79. The number of nitrogens with one attached hydrogen (secondary N) is 1. The van der Waals surface area contributed by atoms with E-state index in [9.17, 15) is 4.79 Å². The van der Waals surface area contributed by atoms with Crippen LogP contribution in [0.3, 0.4) is 0 Å². The molecule has 1 aromatic rings. The van der Waals surface area contributed by atoms with Crippen molar-refractivity contribution in [3.8, 4) is 0 Å². The maximum atomic E-state index is 11.8. The summed E-state index contributed by atoms with van der Waals surface area (Å²) in [7, 11) is 0. The summed E-state index contributed by atoms with van der Waals surface area (Å²) in [6.45, 7) is 7.74. The fraction of sp³-hybridized carbons (Fsp3) is 0.417. The number of benzene rings is 1. The molecule has 1 rings (SSSR count). The summed E-state index contributed by atoms with van der Waals surface area (Å²) in [5.41, 5.74) is 1.35. The molecule has 1 amide bonds. The zero-order valence-corrected chi connectivity index (χ0v) is 10.3. The van der Waals surface area contributed by atoms with E-state index in [2.05, 4.69) is 5.32 Å². The van der Waals surface area contributed by atoms with Crippen molar-refractivity contribution in [2.45, 2.75) is 33.2 Å². The molecular formula is C12H16ClNO. The first-order valence-corrected chi connectivity index (χ1v) is 5.26. The Bertz CT molecular complexity index is 380. The van der Waals surface area contributed by atoms with E-state index in [1.165, 1.54) is 0 Å². The van der Waals surface area contributed by atoms with Crippen LogP contribution in [0.2, 0.25) is 5.02 Å². The van der Waals surface area contributed by atoms with Crippen LogP contribution in [0.25, 0.3) is 0 Å². The van der Waals surface area contributed by atoms with Crippen LogP contribution in [-0.4, -0.2) is 11.4 Å². The first kappa shape index (κ1) is 12.1. The lowest BCUT2D eigenvalue weighted by atomic mass is 10.1. The topological polar surface area (TPSA) is 29.1 Å². The quantitative estimate of drug-likeness (QED) is 0.782. The van der Waals surface area contributed by atoms with Crippen molar-refractivity contribution in [2.75, 3.05) is 0 Å². The SMILES string of the molecule is Cc1cc(Cl)ccc1C(=O)NC(C)(C)C. The van der Waals surface area contributed by atoms with Gasteiger partial charge in [-0.25, -0.2) is 0 Å². The van der Waals surface area contributed by atoms with E-state index in [1.807, 2.05) is 27.7 Å². The molecular weight excluding hydrogens is 210 g/mol. The van der Waals surface area contributed by atoms with Crippen molar-refractivity contribution in [1.29, 1.82) is 0 Å². The molecule has 0 saturated carbocycles. The molecule has 2 nitrogen and oxygen atoms in total. The van der Waals surface area contributed by atoms with Crippen LogP contribution in [0, 0.1) is 6.92 Å². The van der Waals surface area contributed by atoms with Crippen molar-refractivity contribution in [3.63, 3.8) is 0 Å². The summed E-state index contributed by atoms with van der Waals surface area (Å²) in [4.78, 5) is 11.8. The van der Waals surface area contributed by atoms with Crippen molar-refractivity contribution in [2.24, 2.45) is 0 Å². The van der Waals surface area contributed by atoms with E-state index in [0.717, 1.165) is 5.56 Å². The van der Waals surface area contributed by atoms with Crippen LogP contribution in [0.15, 0.2) is 18.2 Å². The number of hydrogen-bond donors (Lipinski definition) is 1. The molecule has 0 bridgehead atoms. The maximum absolute atomic E-state index is 11.8. The third kappa shape index (κ3) is 3.56. The second-order valence-corrected chi connectivity index (χ2v) is 5.10. The molecule has 1 N–H and O–H groups in total. The molecule has 82 valence electrons. The highest BCUT2D eigenvalue weighted by molar-refractivity contribution is 6.30. The number of amides is 1. The van der Waals surface area contributed by atoms with Gasteiger partial charge in [-0.15, -0.1) is 0 Å². The van der Waals surface area contributed by atoms with Crippen molar-refractivity contribution < 1.29 is 4.79 Å². The average Bonchev–Trinajstić information content (AvgIpc) is 1.99. The Hall–Kier alpha value is -1.02. The predicted octanol–water partition coefficient (Wildman–Crippen LogP) is 3.18. The molecule has 0 aliphatic rings. The lowest BCUT2D eigenvalue weighted by Gasteiger charge is -2.21. The van der Waals surface area contributed by atoms with Crippen LogP contribution in [0.5, 0.6) is 0 Å². The van der Waals surface area contributed by atoms with Crippen LogP contribution < -0.4 is 5.32 Å². The minimum absolute atomic E-state index is 0.0586. The van der Waals surface area contributed by atoms with Crippen molar-refractivity contribution in [3.05, 3.63) is 34.3 Å². The van der Waals surface area contributed by atoms with E-state index in [1.54, 1.807) is 18.2 Å². The molecule has 0 fully saturated rings. The van der Waals surface area contributed by atoms with E-state index in [4.69, 9.17) is 11.6 Å². The number of halogens is 1. The van der Waals surface area contributed by atoms with E-state index >= 15 is 0 Å². The Balaban J connectivity index is 2.92. The molecule has 1 aromatic carbocycles. The minimum Gasteiger partial charge on any atom is -0.347 e. The number of aryl methyl sites for hydroxylation is 1. The highest BCUT2D eigenvalue weighted by Crippen LogP contribution is 2.15. The lowest BCUT2D eigenvalue weighted by molar-refractivity contribution is 0.0919. The maximum Gasteiger partial charge on any atom is 0.251 e. The Morgan fingerprint density at radius 2 is 1.93 bits per heavy atom. The van der Waals surface area contributed by atoms with Gasteiger partial charge in [0.2, 0.25) is 0 Å². The number of carbonyl (C=O) groups excluding carboxylic acids is 1. The van der Waals surface area contributed by atoms with Gasteiger partial charge in [-0.2, -0.15) is 0 Å². The zero-order chi connectivity index (χ0) is 11.6. The number of rotatable bonds is 1. The molecule has 0 heterocycles. The molecule has 0 saturated heterocycles. The summed E-state index contributed by atoms with van der Waals surface area (Å²) in [6.07, 6.45) is 0. The largest absolute Gasteiger partial charge is 0.347 e. The van der Waals surface area contributed by atoms with Gasteiger partial charge < -0.3 is 5.32 Å². The normalized spacial score (nSPS) is 11.3. The van der Waals surface area contributed by atoms with Gasteiger partial charge in [0.15, 0.2) is 0 Å². The van der Waals surface area contributed by atoms with Gasteiger partial charge >= 0.3 is 0 Å². The lowest BCUT2D eigenvalue weighted by Crippen LogP contribution is -2.40. The summed E-state index contributed by atoms with van der Waals surface area (Å²) in [6, 6.07) is 5.27. The summed E-state index contributed by atoms with van der Waals surface area (Å²) < 4.78 is 0. The first-order valence-electron chi connectivity index (χ1n) is 4.88. The van der Waals surface area contributed by atoms with Crippen molar-refractivity contribution >= 4 is 17.5 Å². The van der Waals surface area contributed by atoms with Gasteiger partial charge in [-0.1, -0.05) is 11.6 Å². The molecule has 0 atom stereocenters. The third-order valence-electron chi connectivity index (χ3n) is 1.92. The highest BCUT2D eigenvalue weighted by Gasteiger charge is 2.16. The second-order valence-electron chi connectivity index (χ2n) is 4.66. The van der Waals surface area contributed by atoms with Gasteiger partial charge in [0.25, 0.3) is 5.91 Å². The minimum atomic E-state index is -0.219. The summed E-state index contributed by atoms with van der Waals surface area (Å²) in [5.74, 6) is -0.0586. The van der Waals surface area contributed by atoms with Crippen LogP contribution in [-0.2, 0) is 0 Å². The van der Waals surface area contributed by atoms with Crippen molar-refractivity contribution in [1.82, 2.24) is 5.32 Å². The Labute approximate surface area is 95.6 Å². The second kappa shape index (κ2) is 4.23. The smallest absolute Gasteiger partial charge is 0.251 e. The third-order valence-corrected chi connectivity index (χ3v) is 2.16. The standard InChI is InChI=1S/C12H16ClNO/c1-8-7-9(13)5-6-10(8)11(15)14-12(2,3)4/h5-7H,1-4H3,(H,14,15). The van der Waals surface area contributed by atoms with Crippen LogP contribution in [0.4, 0.5) is 0 Å². The number of hydrogen-bond acceptors (Lipinski definition) is 1. The molecule has 3 heteroatoms. The van der Waals surface area contributed by atoms with Gasteiger partial charge in [-0.3, -0.25) is 4.79 Å². The molecule has 0 aromatic heterocycles. The van der Waals surface area contributed by atoms with Gasteiger partial charge in [-0.05, 0) is 51.5 Å². The predicted molar refractivity (Wildman–Crippen MR) is 63.4 cm³/mol. The fourth-order valence-electron chi connectivity index (χ4n) is 1.29. The summed E-state index contributed by atoms with van der Waals surface area (Å²) in [5, 5.41) is 3.57. The number of carbonyl (C=O) groups is 1. The van der Waals surface area contributed by atoms with E-state index in [0.29, 0.717) is 10.6 Å². The molecule has 0 aliphatic heterocycles. The van der Waals surface area contributed by atoms with Crippen LogP contribution in [0.1, 0.15) is 36.7 Å². The van der Waals surface area contributed by atoms with Crippen LogP contribution >= 0.6 is 11.6 Å². The van der Waals surface area contributed by atoms with E-state index in [-0.39, 0.29) is 11.4 Å². The van der Waals surface area contributed by atoms with Gasteiger partial charge in [0.1, 0.15) is 0 Å². The van der Waals surface area contributed by atoms with Gasteiger partial charge in [0.05, 0.1) is 0 Å². The van der Waals surface area contributed by atoms with E-state index < -0.39 is 0 Å².